The lowest BCUT2D eigenvalue weighted by atomic mass is 9.92. The van der Waals surface area contributed by atoms with E-state index in [0.717, 1.165) is 0 Å². The number of amides is 1. The standard InChI is InChI=1S/C10H19N5O/c1-9(2)5-8(16)12-6-10(3,4)15(9)7-13-14-11/h5-7H2,1-4H3,(H,12,16). The van der Waals surface area contributed by atoms with Crippen molar-refractivity contribution in [3.05, 3.63) is 10.4 Å². The third-order valence-electron chi connectivity index (χ3n) is 3.04. The first-order valence-corrected chi connectivity index (χ1v) is 5.35. The predicted octanol–water partition coefficient (Wildman–Crippen LogP) is 1.63. The molecule has 0 aliphatic carbocycles. The normalized spacial score (nSPS) is 24.1. The molecule has 0 aromatic rings. The Morgan fingerprint density at radius 2 is 2.06 bits per heavy atom. The van der Waals surface area contributed by atoms with Crippen LogP contribution in [0.4, 0.5) is 0 Å². The molecule has 1 aliphatic heterocycles. The van der Waals surface area contributed by atoms with Gasteiger partial charge in [-0.05, 0) is 33.2 Å². The largest absolute Gasteiger partial charge is 0.354 e. The molecule has 0 bridgehead atoms. The third kappa shape index (κ3) is 2.65. The third-order valence-corrected chi connectivity index (χ3v) is 3.04. The molecule has 0 radical (unpaired) electrons. The van der Waals surface area contributed by atoms with Crippen molar-refractivity contribution in [3.8, 4) is 0 Å². The minimum Gasteiger partial charge on any atom is -0.354 e. The Morgan fingerprint density at radius 3 is 2.62 bits per heavy atom. The van der Waals surface area contributed by atoms with Gasteiger partial charge in [0, 0.05) is 29.0 Å². The van der Waals surface area contributed by atoms with E-state index in [2.05, 4.69) is 20.2 Å². The number of hydrogen-bond donors (Lipinski definition) is 1. The number of rotatable bonds is 2. The maximum Gasteiger partial charge on any atom is 0.221 e. The van der Waals surface area contributed by atoms with Gasteiger partial charge in [-0.2, -0.15) is 0 Å². The molecule has 1 rings (SSSR count). The molecule has 0 saturated carbocycles. The van der Waals surface area contributed by atoms with Gasteiger partial charge in [0.1, 0.15) is 0 Å². The molecule has 1 amide bonds. The van der Waals surface area contributed by atoms with Gasteiger partial charge in [-0.3, -0.25) is 9.69 Å². The number of carbonyl (C=O) groups excluding carboxylic acids is 1. The van der Waals surface area contributed by atoms with Crippen LogP contribution in [0.25, 0.3) is 10.4 Å². The monoisotopic (exact) mass is 225 g/mol. The lowest BCUT2D eigenvalue weighted by molar-refractivity contribution is -0.122. The van der Waals surface area contributed by atoms with Crippen LogP contribution in [0.15, 0.2) is 5.11 Å². The molecule has 0 aromatic heterocycles. The second-order valence-electron chi connectivity index (χ2n) is 5.38. The van der Waals surface area contributed by atoms with Gasteiger partial charge >= 0.3 is 0 Å². The van der Waals surface area contributed by atoms with Crippen LogP contribution in [-0.2, 0) is 4.79 Å². The van der Waals surface area contributed by atoms with Crippen molar-refractivity contribution in [2.45, 2.75) is 45.2 Å². The zero-order valence-electron chi connectivity index (χ0n) is 10.3. The summed E-state index contributed by atoms with van der Waals surface area (Å²) in [5.41, 5.74) is 7.88. The summed E-state index contributed by atoms with van der Waals surface area (Å²) in [5, 5.41) is 6.50. The van der Waals surface area contributed by atoms with Crippen LogP contribution < -0.4 is 5.32 Å². The predicted molar refractivity (Wildman–Crippen MR) is 61.6 cm³/mol. The van der Waals surface area contributed by atoms with Crippen molar-refractivity contribution in [2.75, 3.05) is 13.2 Å². The van der Waals surface area contributed by atoms with Crippen molar-refractivity contribution in [2.24, 2.45) is 5.11 Å². The summed E-state index contributed by atoms with van der Waals surface area (Å²) in [6.45, 7) is 8.90. The summed E-state index contributed by atoms with van der Waals surface area (Å²) in [4.78, 5) is 16.4. The van der Waals surface area contributed by atoms with Crippen LogP contribution in [0.5, 0.6) is 0 Å². The molecular formula is C10H19N5O. The molecule has 1 saturated heterocycles. The fraction of sp³-hybridized carbons (Fsp3) is 0.900. The van der Waals surface area contributed by atoms with Gasteiger partial charge in [0.2, 0.25) is 5.91 Å². The Morgan fingerprint density at radius 1 is 1.44 bits per heavy atom. The molecule has 0 aromatic carbocycles. The van der Waals surface area contributed by atoms with Gasteiger partial charge in [0.15, 0.2) is 0 Å². The molecule has 1 aliphatic rings. The number of nitrogens with one attached hydrogen (secondary N) is 1. The van der Waals surface area contributed by atoms with E-state index in [-0.39, 0.29) is 23.7 Å². The molecule has 6 nitrogen and oxygen atoms in total. The minimum atomic E-state index is -0.307. The Kier molecular flexibility index (Phi) is 3.45. The number of azide groups is 1. The van der Waals surface area contributed by atoms with Crippen LogP contribution in [0.2, 0.25) is 0 Å². The van der Waals surface area contributed by atoms with Crippen LogP contribution in [-0.4, -0.2) is 35.1 Å². The number of nitrogens with zero attached hydrogens (tertiary/aromatic N) is 4. The molecular weight excluding hydrogens is 206 g/mol. The highest BCUT2D eigenvalue weighted by Crippen LogP contribution is 2.29. The van der Waals surface area contributed by atoms with Crippen LogP contribution in [0.1, 0.15) is 34.1 Å². The van der Waals surface area contributed by atoms with E-state index in [4.69, 9.17) is 5.53 Å². The van der Waals surface area contributed by atoms with Crippen molar-refractivity contribution in [3.63, 3.8) is 0 Å². The van der Waals surface area contributed by atoms with E-state index >= 15 is 0 Å². The Bertz CT molecular complexity index is 330. The van der Waals surface area contributed by atoms with Crippen LogP contribution >= 0.6 is 0 Å². The van der Waals surface area contributed by atoms with Gasteiger partial charge in [-0.1, -0.05) is 5.11 Å². The Balaban J connectivity index is 3.02. The van der Waals surface area contributed by atoms with E-state index in [9.17, 15) is 4.79 Å². The van der Waals surface area contributed by atoms with Crippen molar-refractivity contribution >= 4 is 5.91 Å². The second-order valence-corrected chi connectivity index (χ2v) is 5.38. The second kappa shape index (κ2) is 4.31. The SMILES string of the molecule is CC1(C)CNC(=O)CC(C)(C)N1CN=[N+]=[N-]. The zero-order valence-corrected chi connectivity index (χ0v) is 10.3. The van der Waals surface area contributed by atoms with Crippen LogP contribution in [0.3, 0.4) is 0 Å². The topological polar surface area (TPSA) is 81.1 Å². The highest BCUT2D eigenvalue weighted by molar-refractivity contribution is 5.77. The quantitative estimate of drug-likeness (QED) is 0.440. The van der Waals surface area contributed by atoms with Gasteiger partial charge < -0.3 is 5.32 Å². The Labute approximate surface area is 95.6 Å². The van der Waals surface area contributed by atoms with E-state index in [1.165, 1.54) is 0 Å². The molecule has 1 fully saturated rings. The highest BCUT2D eigenvalue weighted by Gasteiger charge is 2.41. The fourth-order valence-electron chi connectivity index (χ4n) is 2.25. The van der Waals surface area contributed by atoms with Gasteiger partial charge in [0.25, 0.3) is 0 Å². The van der Waals surface area contributed by atoms with E-state index < -0.39 is 0 Å². The van der Waals surface area contributed by atoms with E-state index in [0.29, 0.717) is 13.0 Å². The van der Waals surface area contributed by atoms with Crippen molar-refractivity contribution in [1.29, 1.82) is 0 Å². The van der Waals surface area contributed by atoms with Crippen molar-refractivity contribution < 1.29 is 4.79 Å². The number of hydrogen-bond acceptors (Lipinski definition) is 3. The molecule has 16 heavy (non-hydrogen) atoms. The summed E-state index contributed by atoms with van der Waals surface area (Å²) in [6, 6.07) is 0. The van der Waals surface area contributed by atoms with Crippen LogP contribution in [0, 0.1) is 0 Å². The molecule has 0 atom stereocenters. The average molecular weight is 225 g/mol. The molecule has 0 spiro atoms. The lowest BCUT2D eigenvalue weighted by Gasteiger charge is -2.45. The molecule has 6 heteroatoms. The lowest BCUT2D eigenvalue weighted by Crippen LogP contribution is -2.56. The Hall–Kier alpha value is -1.26. The van der Waals surface area contributed by atoms with Gasteiger partial charge in [0.05, 0.1) is 6.67 Å². The first-order chi connectivity index (χ1) is 7.29. The van der Waals surface area contributed by atoms with E-state index in [1.54, 1.807) is 0 Å². The summed E-state index contributed by atoms with van der Waals surface area (Å²) < 4.78 is 0. The average Bonchev–Trinajstić information content (AvgIpc) is 2.20. The fourth-order valence-corrected chi connectivity index (χ4v) is 2.25. The highest BCUT2D eigenvalue weighted by atomic mass is 16.1. The summed E-state index contributed by atoms with van der Waals surface area (Å²) in [5.74, 6) is 0.0431. The summed E-state index contributed by atoms with van der Waals surface area (Å²) in [6.07, 6.45) is 0.414. The summed E-state index contributed by atoms with van der Waals surface area (Å²) >= 11 is 0. The minimum absolute atomic E-state index is 0.0431. The smallest absolute Gasteiger partial charge is 0.221 e. The maximum atomic E-state index is 11.6. The molecule has 0 unspecified atom stereocenters. The maximum absolute atomic E-state index is 11.6. The summed E-state index contributed by atoms with van der Waals surface area (Å²) in [7, 11) is 0. The zero-order chi connectivity index (χ0) is 12.4. The van der Waals surface area contributed by atoms with E-state index in [1.807, 2.05) is 27.7 Å². The molecule has 90 valence electrons. The van der Waals surface area contributed by atoms with Gasteiger partial charge in [-0.25, -0.2) is 0 Å². The first kappa shape index (κ1) is 12.8. The molecule has 1 N–H and O–H groups in total. The first-order valence-electron chi connectivity index (χ1n) is 5.35. The number of carbonyl (C=O) groups is 1. The van der Waals surface area contributed by atoms with Crippen molar-refractivity contribution in [1.82, 2.24) is 10.2 Å². The molecule has 1 heterocycles. The van der Waals surface area contributed by atoms with Gasteiger partial charge in [-0.15, -0.1) is 0 Å².